The first-order chi connectivity index (χ1) is 8.37. The average molecular weight is 301 g/mol. The van der Waals surface area contributed by atoms with E-state index in [1.807, 2.05) is 0 Å². The van der Waals surface area contributed by atoms with Gasteiger partial charge in [-0.3, -0.25) is 0 Å². The number of alkyl halides is 3. The van der Waals surface area contributed by atoms with Gasteiger partial charge in [0.2, 0.25) is 0 Å². The van der Waals surface area contributed by atoms with Gasteiger partial charge in [0.05, 0.1) is 7.11 Å². The lowest BCUT2D eigenvalue weighted by molar-refractivity contribution is -0.274. The van der Waals surface area contributed by atoms with Gasteiger partial charge in [-0.05, 0) is 31.2 Å². The molecule has 0 saturated heterocycles. The second kappa shape index (κ2) is 7.42. The molecule has 1 aromatic carbocycles. The highest BCUT2D eigenvalue weighted by Gasteiger charge is 2.31. The van der Waals surface area contributed by atoms with Crippen molar-refractivity contribution in [1.29, 1.82) is 0 Å². The predicted molar refractivity (Wildman–Crippen MR) is 67.5 cm³/mol. The summed E-state index contributed by atoms with van der Waals surface area (Å²) in [6.07, 6.45) is -4.30. The zero-order valence-corrected chi connectivity index (χ0v) is 11.1. The number of hydrogen-bond acceptors (Lipinski definition) is 4. The molecule has 0 bridgehead atoms. The minimum atomic E-state index is -4.73. The molecule has 110 valence electrons. The number of halogens is 4. The maximum atomic E-state index is 12.1. The van der Waals surface area contributed by atoms with Crippen LogP contribution in [0.2, 0.25) is 0 Å². The third-order valence-corrected chi connectivity index (χ3v) is 2.31. The van der Waals surface area contributed by atoms with Crippen molar-refractivity contribution in [1.82, 2.24) is 0 Å². The summed E-state index contributed by atoms with van der Waals surface area (Å²) >= 11 is 0. The Morgan fingerprint density at radius 1 is 1.32 bits per heavy atom. The molecule has 0 aliphatic carbocycles. The Morgan fingerprint density at radius 3 is 2.42 bits per heavy atom. The number of methoxy groups -OCH3 is 1. The number of benzene rings is 1. The van der Waals surface area contributed by atoms with Crippen LogP contribution in [0.3, 0.4) is 0 Å². The fourth-order valence-electron chi connectivity index (χ4n) is 1.53. The van der Waals surface area contributed by atoms with Crippen molar-refractivity contribution in [2.75, 3.05) is 13.7 Å². The van der Waals surface area contributed by atoms with Gasteiger partial charge in [-0.2, -0.15) is 0 Å². The average Bonchev–Trinajstić information content (AvgIpc) is 2.27. The molecule has 4 N–H and O–H groups in total. The number of hydrogen-bond donors (Lipinski definition) is 2. The van der Waals surface area contributed by atoms with E-state index < -0.39 is 12.4 Å². The third kappa shape index (κ3) is 5.54. The van der Waals surface area contributed by atoms with E-state index in [0.717, 1.165) is 0 Å². The summed E-state index contributed by atoms with van der Waals surface area (Å²) in [6.45, 7) is 0.328. The summed E-state index contributed by atoms with van der Waals surface area (Å²) in [5.41, 5.74) is 11.6. The van der Waals surface area contributed by atoms with E-state index in [2.05, 4.69) is 4.74 Å². The van der Waals surface area contributed by atoms with Gasteiger partial charge in [-0.1, -0.05) is 0 Å². The Morgan fingerprint density at radius 2 is 1.95 bits per heavy atom. The van der Waals surface area contributed by atoms with E-state index in [9.17, 15) is 13.2 Å². The van der Waals surface area contributed by atoms with Crippen LogP contribution >= 0.6 is 12.4 Å². The van der Waals surface area contributed by atoms with Gasteiger partial charge in [0, 0.05) is 11.6 Å². The van der Waals surface area contributed by atoms with Crippen LogP contribution in [0.25, 0.3) is 0 Å². The Bertz CT molecular complexity index is 402. The molecule has 0 aromatic heterocycles. The molecule has 4 nitrogen and oxygen atoms in total. The SMILES string of the molecule is COc1ccc(OC(F)(F)F)cc1[C@H](N)CCN.Cl. The summed E-state index contributed by atoms with van der Waals surface area (Å²) in [5.74, 6) is 0.0799. The Hall–Kier alpha value is -1.18. The smallest absolute Gasteiger partial charge is 0.496 e. The zero-order chi connectivity index (χ0) is 13.8. The van der Waals surface area contributed by atoms with Gasteiger partial charge < -0.3 is 20.9 Å². The lowest BCUT2D eigenvalue weighted by atomic mass is 10.0. The molecule has 0 aliphatic heterocycles. The maximum Gasteiger partial charge on any atom is 0.573 e. The third-order valence-electron chi connectivity index (χ3n) is 2.31. The van der Waals surface area contributed by atoms with E-state index in [0.29, 0.717) is 24.3 Å². The molecule has 0 heterocycles. The fraction of sp³-hybridized carbons (Fsp3) is 0.455. The summed E-state index contributed by atoms with van der Waals surface area (Å²) < 4.78 is 45.2. The highest BCUT2D eigenvalue weighted by Crippen LogP contribution is 2.32. The van der Waals surface area contributed by atoms with Crippen molar-refractivity contribution >= 4 is 12.4 Å². The molecule has 0 amide bonds. The topological polar surface area (TPSA) is 70.5 Å². The number of rotatable bonds is 5. The Labute approximate surface area is 115 Å². The molecule has 0 saturated carbocycles. The predicted octanol–water partition coefficient (Wildman–Crippen LogP) is 2.36. The van der Waals surface area contributed by atoms with E-state index in [1.54, 1.807) is 0 Å². The van der Waals surface area contributed by atoms with Crippen molar-refractivity contribution in [3.8, 4) is 11.5 Å². The summed E-state index contributed by atoms with van der Waals surface area (Å²) in [4.78, 5) is 0. The first kappa shape index (κ1) is 17.8. The van der Waals surface area contributed by atoms with Crippen molar-refractivity contribution in [2.24, 2.45) is 11.5 Å². The second-order valence-electron chi connectivity index (χ2n) is 3.64. The fourth-order valence-corrected chi connectivity index (χ4v) is 1.53. The van der Waals surface area contributed by atoms with Crippen LogP contribution in [-0.2, 0) is 0 Å². The first-order valence-electron chi connectivity index (χ1n) is 5.26. The zero-order valence-electron chi connectivity index (χ0n) is 10.2. The maximum absolute atomic E-state index is 12.1. The number of nitrogens with two attached hydrogens (primary N) is 2. The first-order valence-corrected chi connectivity index (χ1v) is 5.26. The van der Waals surface area contributed by atoms with Crippen LogP contribution in [0.5, 0.6) is 11.5 Å². The van der Waals surface area contributed by atoms with Gasteiger partial charge >= 0.3 is 6.36 Å². The highest BCUT2D eigenvalue weighted by molar-refractivity contribution is 5.85. The van der Waals surface area contributed by atoms with Crippen LogP contribution in [-0.4, -0.2) is 20.0 Å². The molecule has 19 heavy (non-hydrogen) atoms. The molecule has 0 unspecified atom stereocenters. The minimum Gasteiger partial charge on any atom is -0.496 e. The molecule has 0 aliphatic rings. The lowest BCUT2D eigenvalue weighted by Gasteiger charge is -2.17. The molecule has 1 rings (SSSR count). The van der Waals surface area contributed by atoms with Crippen molar-refractivity contribution < 1.29 is 22.6 Å². The standard InChI is InChI=1S/C11H15F3N2O2.ClH/c1-17-10-3-2-7(18-11(12,13)14)6-8(10)9(16)4-5-15;/h2-3,6,9H,4-5,15-16H2,1H3;1H/t9-;/m1./s1. The Balaban J connectivity index is 0.00000324. The monoisotopic (exact) mass is 300 g/mol. The van der Waals surface area contributed by atoms with Crippen LogP contribution in [0.15, 0.2) is 18.2 Å². The van der Waals surface area contributed by atoms with Crippen LogP contribution in [0.1, 0.15) is 18.0 Å². The molecule has 1 aromatic rings. The van der Waals surface area contributed by atoms with Crippen LogP contribution in [0.4, 0.5) is 13.2 Å². The van der Waals surface area contributed by atoms with E-state index >= 15 is 0 Å². The van der Waals surface area contributed by atoms with Crippen molar-refractivity contribution in [3.63, 3.8) is 0 Å². The van der Waals surface area contributed by atoms with Gasteiger partial charge in [0.15, 0.2) is 0 Å². The highest BCUT2D eigenvalue weighted by atomic mass is 35.5. The molecule has 0 spiro atoms. The molecular weight excluding hydrogens is 285 g/mol. The van der Waals surface area contributed by atoms with E-state index in [4.69, 9.17) is 16.2 Å². The van der Waals surface area contributed by atoms with Gasteiger partial charge in [0.25, 0.3) is 0 Å². The Kier molecular flexibility index (Phi) is 6.96. The second-order valence-corrected chi connectivity index (χ2v) is 3.64. The summed E-state index contributed by atoms with van der Waals surface area (Å²) in [5, 5.41) is 0. The molecular formula is C11H16ClF3N2O2. The minimum absolute atomic E-state index is 0. The molecule has 0 radical (unpaired) electrons. The van der Waals surface area contributed by atoms with Gasteiger partial charge in [-0.25, -0.2) is 0 Å². The lowest BCUT2D eigenvalue weighted by Crippen LogP contribution is -2.19. The quantitative estimate of drug-likeness (QED) is 0.876. The van der Waals surface area contributed by atoms with E-state index in [-0.39, 0.29) is 18.2 Å². The molecule has 1 atom stereocenters. The summed E-state index contributed by atoms with van der Waals surface area (Å²) in [6, 6.07) is 3.27. The molecule has 0 fully saturated rings. The largest absolute Gasteiger partial charge is 0.573 e. The van der Waals surface area contributed by atoms with Crippen molar-refractivity contribution in [2.45, 2.75) is 18.8 Å². The van der Waals surface area contributed by atoms with Crippen LogP contribution in [0, 0.1) is 0 Å². The normalized spacial score (nSPS) is 12.5. The van der Waals surface area contributed by atoms with Gasteiger partial charge in [-0.15, -0.1) is 25.6 Å². The van der Waals surface area contributed by atoms with Gasteiger partial charge in [0.1, 0.15) is 11.5 Å². The molecule has 8 heteroatoms. The van der Waals surface area contributed by atoms with E-state index in [1.165, 1.54) is 25.3 Å². The van der Waals surface area contributed by atoms with Crippen LogP contribution < -0.4 is 20.9 Å². The van der Waals surface area contributed by atoms with Crippen molar-refractivity contribution in [3.05, 3.63) is 23.8 Å². The number of ether oxygens (including phenoxy) is 2. The summed E-state index contributed by atoms with van der Waals surface area (Å²) in [7, 11) is 1.41.